The molecule has 0 saturated carbocycles. The minimum atomic E-state index is 0.0700. The van der Waals surface area contributed by atoms with Crippen LogP contribution < -0.4 is 5.32 Å². The lowest BCUT2D eigenvalue weighted by molar-refractivity contribution is -0.0453. The minimum absolute atomic E-state index is 0.0700. The summed E-state index contributed by atoms with van der Waals surface area (Å²) < 4.78 is 5.97. The van der Waals surface area contributed by atoms with Crippen molar-refractivity contribution in [3.05, 3.63) is 33.8 Å². The molecule has 0 bridgehead atoms. The highest BCUT2D eigenvalue weighted by molar-refractivity contribution is 6.33. The summed E-state index contributed by atoms with van der Waals surface area (Å²) in [5.74, 6) is 0. The molecule has 1 aliphatic heterocycles. The summed E-state index contributed by atoms with van der Waals surface area (Å²) in [6.07, 6.45) is 0.0969. The van der Waals surface area contributed by atoms with Gasteiger partial charge in [-0.1, -0.05) is 37.0 Å². The van der Waals surface area contributed by atoms with Crippen molar-refractivity contribution in [2.24, 2.45) is 0 Å². The van der Waals surface area contributed by atoms with Crippen LogP contribution in [-0.2, 0) is 4.74 Å². The third-order valence-corrected chi connectivity index (χ3v) is 4.29. The Labute approximate surface area is 131 Å². The molecule has 1 aromatic carbocycles. The highest BCUT2D eigenvalue weighted by Crippen LogP contribution is 2.30. The maximum atomic E-state index is 6.35. The molecule has 1 fully saturated rings. The topological polar surface area (TPSA) is 24.5 Å². The van der Waals surface area contributed by atoms with Crippen LogP contribution in [0.25, 0.3) is 0 Å². The van der Waals surface area contributed by atoms with Gasteiger partial charge >= 0.3 is 0 Å². The molecule has 5 heteroatoms. The summed E-state index contributed by atoms with van der Waals surface area (Å²) in [7, 11) is 0. The van der Waals surface area contributed by atoms with Crippen molar-refractivity contribution in [2.75, 3.05) is 32.8 Å². The van der Waals surface area contributed by atoms with Crippen LogP contribution in [-0.4, -0.2) is 43.8 Å². The lowest BCUT2D eigenvalue weighted by Gasteiger charge is -2.37. The Kier molecular flexibility index (Phi) is 6.12. The van der Waals surface area contributed by atoms with E-state index in [9.17, 15) is 0 Å². The number of morpholine rings is 1. The number of likely N-dealkylation sites (N-methyl/N-ethyl adjacent to an activating group) is 2. The zero-order chi connectivity index (χ0) is 14.5. The highest BCUT2D eigenvalue weighted by Gasteiger charge is 2.29. The maximum Gasteiger partial charge on any atom is 0.0897 e. The van der Waals surface area contributed by atoms with E-state index in [2.05, 4.69) is 24.1 Å². The van der Waals surface area contributed by atoms with Crippen LogP contribution in [0.2, 0.25) is 10.0 Å². The molecule has 1 saturated heterocycles. The average molecular weight is 317 g/mol. The van der Waals surface area contributed by atoms with Crippen LogP contribution >= 0.6 is 23.2 Å². The summed E-state index contributed by atoms with van der Waals surface area (Å²) in [5.41, 5.74) is 1.02. The van der Waals surface area contributed by atoms with E-state index in [4.69, 9.17) is 27.9 Å². The monoisotopic (exact) mass is 316 g/mol. The van der Waals surface area contributed by atoms with Gasteiger partial charge in [0.15, 0.2) is 0 Å². The number of nitrogens with zero attached hydrogens (tertiary/aromatic N) is 1. The predicted molar refractivity (Wildman–Crippen MR) is 84.7 cm³/mol. The van der Waals surface area contributed by atoms with Gasteiger partial charge < -0.3 is 10.1 Å². The summed E-state index contributed by atoms with van der Waals surface area (Å²) in [4.78, 5) is 2.40. The Morgan fingerprint density at radius 3 is 2.90 bits per heavy atom. The average Bonchev–Trinajstić information content (AvgIpc) is 2.47. The molecular formula is C15H22Cl2N2O. The van der Waals surface area contributed by atoms with Crippen LogP contribution in [0.15, 0.2) is 18.2 Å². The number of rotatable bonds is 5. The van der Waals surface area contributed by atoms with Crippen molar-refractivity contribution in [3.8, 4) is 0 Å². The van der Waals surface area contributed by atoms with Gasteiger partial charge in [-0.3, -0.25) is 4.90 Å². The Morgan fingerprint density at radius 2 is 2.20 bits per heavy atom. The molecule has 2 atom stereocenters. The first-order valence-electron chi connectivity index (χ1n) is 7.18. The van der Waals surface area contributed by atoms with Crippen LogP contribution in [0.1, 0.15) is 25.5 Å². The van der Waals surface area contributed by atoms with Gasteiger partial charge in [-0.2, -0.15) is 0 Å². The SMILES string of the molecule is CCNC(c1cc(Cl)ccc1Cl)C1CN(CC)CCO1. The second-order valence-corrected chi connectivity index (χ2v) is 5.85. The van der Waals surface area contributed by atoms with E-state index in [1.165, 1.54) is 0 Å². The van der Waals surface area contributed by atoms with Crippen LogP contribution in [0.4, 0.5) is 0 Å². The molecule has 1 aliphatic rings. The number of benzene rings is 1. The van der Waals surface area contributed by atoms with E-state index in [0.29, 0.717) is 5.02 Å². The van der Waals surface area contributed by atoms with Crippen molar-refractivity contribution in [3.63, 3.8) is 0 Å². The molecule has 2 unspecified atom stereocenters. The van der Waals surface area contributed by atoms with Gasteiger partial charge in [-0.25, -0.2) is 0 Å². The molecule has 0 spiro atoms. The summed E-state index contributed by atoms with van der Waals surface area (Å²) in [6, 6.07) is 5.67. The molecule has 1 aromatic rings. The fourth-order valence-electron chi connectivity index (χ4n) is 2.64. The zero-order valence-electron chi connectivity index (χ0n) is 12.0. The second kappa shape index (κ2) is 7.62. The first kappa shape index (κ1) is 16.1. The third kappa shape index (κ3) is 3.86. The first-order valence-corrected chi connectivity index (χ1v) is 7.93. The second-order valence-electron chi connectivity index (χ2n) is 5.00. The standard InChI is InChI=1S/C15H22Cl2N2O/c1-3-18-15(12-9-11(16)5-6-13(12)17)14-10-19(4-2)7-8-20-14/h5-6,9,14-15,18H,3-4,7-8,10H2,1-2H3. The molecule has 0 aromatic heterocycles. The Bertz CT molecular complexity index is 442. The number of halogens is 2. The molecule has 3 nitrogen and oxygen atoms in total. The number of hydrogen-bond acceptors (Lipinski definition) is 3. The largest absolute Gasteiger partial charge is 0.374 e. The summed E-state index contributed by atoms with van der Waals surface area (Å²) in [6.45, 7) is 8.84. The molecule has 1 heterocycles. The van der Waals surface area contributed by atoms with Gasteiger partial charge in [-0.05, 0) is 36.9 Å². The lowest BCUT2D eigenvalue weighted by Crippen LogP contribution is -2.48. The molecule has 2 rings (SSSR count). The fourth-order valence-corrected chi connectivity index (χ4v) is 3.05. The van der Waals surface area contributed by atoms with Crippen molar-refractivity contribution < 1.29 is 4.74 Å². The number of nitrogens with one attached hydrogen (secondary N) is 1. The summed E-state index contributed by atoms with van der Waals surface area (Å²) in [5, 5.41) is 4.92. The van der Waals surface area contributed by atoms with Crippen molar-refractivity contribution >= 4 is 23.2 Å². The van der Waals surface area contributed by atoms with Gasteiger partial charge in [0.05, 0.1) is 18.8 Å². The van der Waals surface area contributed by atoms with E-state index < -0.39 is 0 Å². The Balaban J connectivity index is 2.23. The number of hydrogen-bond donors (Lipinski definition) is 1. The summed E-state index contributed by atoms with van der Waals surface area (Å²) >= 11 is 12.5. The Hall–Kier alpha value is -0.320. The molecule has 1 N–H and O–H groups in total. The molecule has 112 valence electrons. The van der Waals surface area contributed by atoms with E-state index >= 15 is 0 Å². The number of ether oxygens (including phenoxy) is 1. The zero-order valence-corrected chi connectivity index (χ0v) is 13.5. The van der Waals surface area contributed by atoms with Gasteiger partial charge in [0.1, 0.15) is 0 Å². The molecule has 20 heavy (non-hydrogen) atoms. The molecular weight excluding hydrogens is 295 g/mol. The normalized spacial score (nSPS) is 21.9. The van der Waals surface area contributed by atoms with Gasteiger partial charge in [0, 0.05) is 23.1 Å². The van der Waals surface area contributed by atoms with Crippen LogP contribution in [0.3, 0.4) is 0 Å². The fraction of sp³-hybridized carbons (Fsp3) is 0.600. The van der Waals surface area contributed by atoms with Crippen molar-refractivity contribution in [1.82, 2.24) is 10.2 Å². The van der Waals surface area contributed by atoms with Crippen molar-refractivity contribution in [1.29, 1.82) is 0 Å². The molecule has 0 aliphatic carbocycles. The smallest absolute Gasteiger partial charge is 0.0897 e. The van der Waals surface area contributed by atoms with E-state index in [1.807, 2.05) is 18.2 Å². The Morgan fingerprint density at radius 1 is 1.40 bits per heavy atom. The minimum Gasteiger partial charge on any atom is -0.374 e. The van der Waals surface area contributed by atoms with Crippen LogP contribution in [0.5, 0.6) is 0 Å². The highest BCUT2D eigenvalue weighted by atomic mass is 35.5. The van der Waals surface area contributed by atoms with Gasteiger partial charge in [0.25, 0.3) is 0 Å². The van der Waals surface area contributed by atoms with Crippen molar-refractivity contribution in [2.45, 2.75) is 26.0 Å². The van der Waals surface area contributed by atoms with Gasteiger partial charge in [-0.15, -0.1) is 0 Å². The first-order chi connectivity index (χ1) is 9.65. The molecule has 0 amide bonds. The molecule has 0 radical (unpaired) electrons. The van der Waals surface area contributed by atoms with Crippen LogP contribution in [0, 0.1) is 0 Å². The lowest BCUT2D eigenvalue weighted by atomic mass is 9.99. The van der Waals surface area contributed by atoms with E-state index in [0.717, 1.165) is 43.4 Å². The van der Waals surface area contributed by atoms with Gasteiger partial charge in [0.2, 0.25) is 0 Å². The predicted octanol–water partition coefficient (Wildman–Crippen LogP) is 3.36. The third-order valence-electron chi connectivity index (χ3n) is 3.71. The quantitative estimate of drug-likeness (QED) is 0.901. The van der Waals surface area contributed by atoms with E-state index in [-0.39, 0.29) is 12.1 Å². The maximum absolute atomic E-state index is 6.35. The van der Waals surface area contributed by atoms with E-state index in [1.54, 1.807) is 0 Å².